The van der Waals surface area contributed by atoms with Crippen molar-refractivity contribution in [2.24, 2.45) is 5.11 Å². The van der Waals surface area contributed by atoms with Crippen molar-refractivity contribution in [1.29, 1.82) is 0 Å². The van der Waals surface area contributed by atoms with Crippen LogP contribution < -0.4 is 5.32 Å². The summed E-state index contributed by atoms with van der Waals surface area (Å²) in [5.41, 5.74) is 9.13. The van der Waals surface area contributed by atoms with Crippen molar-refractivity contribution >= 4 is 5.97 Å². The van der Waals surface area contributed by atoms with Gasteiger partial charge in [-0.1, -0.05) is 35.4 Å². The first-order valence-corrected chi connectivity index (χ1v) is 4.70. The molecular formula is C10H12N4O2. The van der Waals surface area contributed by atoms with Gasteiger partial charge in [0.25, 0.3) is 0 Å². The van der Waals surface area contributed by atoms with Gasteiger partial charge in [-0.25, -0.2) is 0 Å². The minimum atomic E-state index is -1.05. The summed E-state index contributed by atoms with van der Waals surface area (Å²) in [6.45, 7) is 0. The number of azide groups is 1. The molecule has 0 radical (unpaired) electrons. The zero-order valence-electron chi connectivity index (χ0n) is 8.74. The van der Waals surface area contributed by atoms with Crippen LogP contribution in [0, 0.1) is 0 Å². The van der Waals surface area contributed by atoms with E-state index < -0.39 is 18.1 Å². The Balaban J connectivity index is 3.08. The third-order valence-corrected chi connectivity index (χ3v) is 2.21. The number of benzene rings is 1. The fourth-order valence-corrected chi connectivity index (χ4v) is 1.45. The Labute approximate surface area is 92.5 Å². The Morgan fingerprint density at radius 2 is 2.12 bits per heavy atom. The quantitative estimate of drug-likeness (QED) is 0.449. The second-order valence-corrected chi connectivity index (χ2v) is 3.17. The SMILES string of the molecule is CN[C@H](C(=O)O)C(N=[N+]=[N-])c1ccccc1. The van der Waals surface area contributed by atoms with Crippen LogP contribution in [0.15, 0.2) is 35.4 Å². The minimum Gasteiger partial charge on any atom is -0.480 e. The van der Waals surface area contributed by atoms with Gasteiger partial charge in [0.05, 0.1) is 6.04 Å². The summed E-state index contributed by atoms with van der Waals surface area (Å²) in [6, 6.07) is 7.12. The highest BCUT2D eigenvalue weighted by Crippen LogP contribution is 2.21. The molecule has 6 nitrogen and oxygen atoms in total. The third-order valence-electron chi connectivity index (χ3n) is 2.21. The molecule has 0 aromatic heterocycles. The van der Waals surface area contributed by atoms with Crippen LogP contribution >= 0.6 is 0 Å². The molecule has 84 valence electrons. The largest absolute Gasteiger partial charge is 0.480 e. The normalized spacial score (nSPS) is 13.6. The third kappa shape index (κ3) is 2.73. The second kappa shape index (κ2) is 5.75. The maximum atomic E-state index is 11.0. The summed E-state index contributed by atoms with van der Waals surface area (Å²) >= 11 is 0. The lowest BCUT2D eigenvalue weighted by molar-refractivity contribution is -0.139. The van der Waals surface area contributed by atoms with Crippen molar-refractivity contribution in [2.75, 3.05) is 7.05 Å². The molecule has 0 bridgehead atoms. The molecule has 1 aromatic carbocycles. The number of hydrogen-bond acceptors (Lipinski definition) is 3. The van der Waals surface area contributed by atoms with Crippen molar-refractivity contribution in [3.8, 4) is 0 Å². The molecular weight excluding hydrogens is 208 g/mol. The van der Waals surface area contributed by atoms with E-state index in [4.69, 9.17) is 10.6 Å². The highest BCUT2D eigenvalue weighted by Gasteiger charge is 2.26. The molecule has 0 heterocycles. The molecule has 2 atom stereocenters. The number of nitrogens with one attached hydrogen (secondary N) is 1. The first-order chi connectivity index (χ1) is 7.70. The molecule has 0 fully saturated rings. The highest BCUT2D eigenvalue weighted by molar-refractivity contribution is 5.74. The molecule has 0 amide bonds. The van der Waals surface area contributed by atoms with Crippen LogP contribution in [0.5, 0.6) is 0 Å². The molecule has 0 spiro atoms. The summed E-state index contributed by atoms with van der Waals surface area (Å²) in [4.78, 5) is 13.7. The summed E-state index contributed by atoms with van der Waals surface area (Å²) in [5, 5.41) is 15.1. The summed E-state index contributed by atoms with van der Waals surface area (Å²) in [6.07, 6.45) is 0. The second-order valence-electron chi connectivity index (χ2n) is 3.17. The van der Waals surface area contributed by atoms with Crippen LogP contribution in [0.2, 0.25) is 0 Å². The van der Waals surface area contributed by atoms with Crippen molar-refractivity contribution in [3.63, 3.8) is 0 Å². The van der Waals surface area contributed by atoms with Gasteiger partial charge in [-0.05, 0) is 18.1 Å². The van der Waals surface area contributed by atoms with Gasteiger partial charge in [-0.3, -0.25) is 4.79 Å². The smallest absolute Gasteiger partial charge is 0.321 e. The number of rotatable bonds is 5. The molecule has 2 N–H and O–H groups in total. The fraction of sp³-hybridized carbons (Fsp3) is 0.300. The van der Waals surface area contributed by atoms with E-state index in [9.17, 15) is 4.79 Å². The molecule has 1 unspecified atom stereocenters. The minimum absolute atomic E-state index is 0.669. The van der Waals surface area contributed by atoms with E-state index in [1.54, 1.807) is 24.3 Å². The molecule has 1 aromatic rings. The number of hydrogen-bond donors (Lipinski definition) is 2. The Kier molecular flexibility index (Phi) is 4.32. The average molecular weight is 220 g/mol. The van der Waals surface area contributed by atoms with Gasteiger partial charge in [-0.15, -0.1) is 0 Å². The van der Waals surface area contributed by atoms with Crippen LogP contribution in [-0.4, -0.2) is 24.2 Å². The Morgan fingerprint density at radius 1 is 1.50 bits per heavy atom. The Bertz CT molecular complexity index is 401. The topological polar surface area (TPSA) is 98.1 Å². The predicted molar refractivity (Wildman–Crippen MR) is 58.8 cm³/mol. The molecule has 0 aliphatic carbocycles. The summed E-state index contributed by atoms with van der Waals surface area (Å²) in [7, 11) is 1.52. The molecule has 16 heavy (non-hydrogen) atoms. The van der Waals surface area contributed by atoms with Crippen LogP contribution in [-0.2, 0) is 4.79 Å². The lowest BCUT2D eigenvalue weighted by Gasteiger charge is -2.19. The standard InChI is InChI=1S/C10H12N4O2/c1-12-9(10(15)16)8(13-14-11)7-5-3-2-4-6-7/h2-6,8-9,12H,1H3,(H,15,16)/t8?,9-/m0/s1. The lowest BCUT2D eigenvalue weighted by atomic mass is 10.0. The van der Waals surface area contributed by atoms with Gasteiger partial charge in [-0.2, -0.15) is 0 Å². The predicted octanol–water partition coefficient (Wildman–Crippen LogP) is 1.71. The van der Waals surface area contributed by atoms with Crippen molar-refractivity contribution in [2.45, 2.75) is 12.1 Å². The Morgan fingerprint density at radius 3 is 2.56 bits per heavy atom. The number of likely N-dealkylation sites (N-methyl/N-ethyl adjacent to an activating group) is 1. The van der Waals surface area contributed by atoms with Crippen molar-refractivity contribution in [1.82, 2.24) is 5.32 Å². The Hall–Kier alpha value is -2.04. The van der Waals surface area contributed by atoms with E-state index in [0.29, 0.717) is 5.56 Å². The molecule has 0 aliphatic heterocycles. The summed E-state index contributed by atoms with van der Waals surface area (Å²) in [5.74, 6) is -1.05. The highest BCUT2D eigenvalue weighted by atomic mass is 16.4. The monoisotopic (exact) mass is 220 g/mol. The van der Waals surface area contributed by atoms with E-state index in [-0.39, 0.29) is 0 Å². The van der Waals surface area contributed by atoms with E-state index in [0.717, 1.165) is 0 Å². The molecule has 0 saturated heterocycles. The number of carbonyl (C=O) groups is 1. The lowest BCUT2D eigenvalue weighted by Crippen LogP contribution is -2.38. The molecule has 6 heteroatoms. The molecule has 1 rings (SSSR count). The van der Waals surface area contributed by atoms with Crippen LogP contribution in [0.1, 0.15) is 11.6 Å². The van der Waals surface area contributed by atoms with E-state index >= 15 is 0 Å². The van der Waals surface area contributed by atoms with Gasteiger partial charge < -0.3 is 10.4 Å². The maximum Gasteiger partial charge on any atom is 0.321 e. The average Bonchev–Trinajstić information content (AvgIpc) is 2.29. The first kappa shape index (κ1) is 12.0. The molecule has 0 aliphatic rings. The van der Waals surface area contributed by atoms with Gasteiger partial charge in [0.2, 0.25) is 0 Å². The van der Waals surface area contributed by atoms with Gasteiger partial charge in [0.15, 0.2) is 0 Å². The van der Waals surface area contributed by atoms with Gasteiger partial charge in [0, 0.05) is 4.91 Å². The zero-order valence-corrected chi connectivity index (χ0v) is 8.74. The number of aliphatic carboxylic acids is 1. The van der Waals surface area contributed by atoms with Crippen molar-refractivity contribution < 1.29 is 9.90 Å². The van der Waals surface area contributed by atoms with E-state index in [2.05, 4.69) is 15.3 Å². The van der Waals surface area contributed by atoms with Crippen molar-refractivity contribution in [3.05, 3.63) is 46.3 Å². The first-order valence-electron chi connectivity index (χ1n) is 4.70. The van der Waals surface area contributed by atoms with Gasteiger partial charge in [0.1, 0.15) is 6.04 Å². The number of nitrogens with zero attached hydrogens (tertiary/aromatic N) is 3. The number of carboxylic acids is 1. The fourth-order valence-electron chi connectivity index (χ4n) is 1.45. The van der Waals surface area contributed by atoms with E-state index in [1.807, 2.05) is 6.07 Å². The molecule has 0 saturated carbocycles. The van der Waals surface area contributed by atoms with Crippen LogP contribution in [0.25, 0.3) is 10.4 Å². The van der Waals surface area contributed by atoms with Crippen LogP contribution in [0.3, 0.4) is 0 Å². The summed E-state index contributed by atoms with van der Waals surface area (Å²) < 4.78 is 0. The van der Waals surface area contributed by atoms with Crippen LogP contribution in [0.4, 0.5) is 0 Å². The van der Waals surface area contributed by atoms with E-state index in [1.165, 1.54) is 7.05 Å². The number of carboxylic acid groups (broad SMARTS) is 1. The van der Waals surface area contributed by atoms with Gasteiger partial charge >= 0.3 is 5.97 Å². The maximum absolute atomic E-state index is 11.0. The zero-order chi connectivity index (χ0) is 12.0.